The van der Waals surface area contributed by atoms with Crippen molar-refractivity contribution in [3.8, 4) is 11.1 Å². The van der Waals surface area contributed by atoms with Crippen molar-refractivity contribution >= 4 is 5.97 Å². The third kappa shape index (κ3) is 3.69. The molecule has 0 aliphatic rings. The van der Waals surface area contributed by atoms with Crippen LogP contribution in [0.1, 0.15) is 41.2 Å². The van der Waals surface area contributed by atoms with Gasteiger partial charge in [0.25, 0.3) is 0 Å². The Morgan fingerprint density at radius 2 is 1.84 bits per heavy atom. The maximum Gasteiger partial charge on any atom is 0.340 e. The molecule has 2 aromatic rings. The van der Waals surface area contributed by atoms with E-state index < -0.39 is 17.6 Å². The fraction of sp³-hybridized carbons (Fsp3) is 0.368. The van der Waals surface area contributed by atoms with Gasteiger partial charge in [-0.25, -0.2) is 13.6 Å². The fourth-order valence-electron chi connectivity index (χ4n) is 2.94. The fourth-order valence-corrected chi connectivity index (χ4v) is 2.94. The Morgan fingerprint density at radius 3 is 2.32 bits per heavy atom. The summed E-state index contributed by atoms with van der Waals surface area (Å²) in [6.45, 7) is 5.64. The van der Waals surface area contributed by atoms with Crippen molar-refractivity contribution in [2.75, 3.05) is 7.11 Å². The lowest BCUT2D eigenvalue weighted by molar-refractivity contribution is 0.0600. The van der Waals surface area contributed by atoms with Crippen molar-refractivity contribution < 1.29 is 18.3 Å². The van der Waals surface area contributed by atoms with E-state index in [4.69, 9.17) is 10.5 Å². The predicted molar refractivity (Wildman–Crippen MR) is 92.1 cm³/mol. The molecule has 6 heteroatoms. The smallest absolute Gasteiger partial charge is 0.340 e. The minimum atomic E-state index is -0.763. The van der Waals surface area contributed by atoms with Crippen molar-refractivity contribution in [2.24, 2.45) is 11.7 Å². The van der Waals surface area contributed by atoms with Crippen molar-refractivity contribution in [3.63, 3.8) is 0 Å². The largest absolute Gasteiger partial charge is 0.465 e. The number of carbonyl (C=O) groups is 1. The highest BCUT2D eigenvalue weighted by Crippen LogP contribution is 2.35. The number of rotatable bonds is 5. The lowest BCUT2D eigenvalue weighted by Gasteiger charge is -2.20. The lowest BCUT2D eigenvalue weighted by atomic mass is 9.89. The summed E-state index contributed by atoms with van der Waals surface area (Å²) in [6.07, 6.45) is 0.581. The van der Waals surface area contributed by atoms with Crippen LogP contribution >= 0.6 is 0 Å². The Morgan fingerprint density at radius 1 is 1.24 bits per heavy atom. The molecule has 0 aliphatic carbocycles. The van der Waals surface area contributed by atoms with Crippen LogP contribution in [0.3, 0.4) is 0 Å². The van der Waals surface area contributed by atoms with Crippen LogP contribution in [0.4, 0.5) is 8.78 Å². The molecule has 25 heavy (non-hydrogen) atoms. The second kappa shape index (κ2) is 7.70. The zero-order valence-corrected chi connectivity index (χ0v) is 14.8. The molecule has 0 radical (unpaired) electrons. The van der Waals surface area contributed by atoms with Gasteiger partial charge in [0.1, 0.15) is 11.6 Å². The number of carbonyl (C=O) groups excluding carboxylic acids is 1. The van der Waals surface area contributed by atoms with Gasteiger partial charge >= 0.3 is 5.97 Å². The van der Waals surface area contributed by atoms with Crippen LogP contribution in [0.25, 0.3) is 11.1 Å². The van der Waals surface area contributed by atoms with E-state index in [9.17, 15) is 13.6 Å². The number of benzene rings is 1. The molecule has 0 saturated carbocycles. The van der Waals surface area contributed by atoms with E-state index in [0.717, 1.165) is 12.1 Å². The Labute approximate surface area is 146 Å². The Bertz CT molecular complexity index is 784. The van der Waals surface area contributed by atoms with Gasteiger partial charge in [-0.2, -0.15) is 0 Å². The second-order valence-electron chi connectivity index (χ2n) is 6.26. The first-order valence-electron chi connectivity index (χ1n) is 8.06. The number of aromatic nitrogens is 1. The SMILES string of the molecule is COC(=O)c1c(C)nc(CC(C)C)c(CN)c1-c1c(F)cccc1F. The second-order valence-corrected chi connectivity index (χ2v) is 6.26. The quantitative estimate of drug-likeness (QED) is 0.835. The zero-order chi connectivity index (χ0) is 18.7. The average molecular weight is 348 g/mol. The third-order valence-corrected chi connectivity index (χ3v) is 3.97. The molecule has 0 amide bonds. The van der Waals surface area contributed by atoms with E-state index in [2.05, 4.69) is 4.98 Å². The number of nitrogens with two attached hydrogens (primary N) is 1. The molecule has 0 aliphatic heterocycles. The predicted octanol–water partition coefficient (Wildman–Crippen LogP) is 3.78. The zero-order valence-electron chi connectivity index (χ0n) is 14.8. The summed E-state index contributed by atoms with van der Waals surface area (Å²) in [4.78, 5) is 16.8. The van der Waals surface area contributed by atoms with Crippen molar-refractivity contribution in [1.29, 1.82) is 0 Å². The maximum absolute atomic E-state index is 14.5. The van der Waals surface area contributed by atoms with Gasteiger partial charge < -0.3 is 10.5 Å². The molecule has 0 bridgehead atoms. The highest BCUT2D eigenvalue weighted by molar-refractivity contribution is 5.99. The molecule has 0 unspecified atom stereocenters. The van der Waals surface area contributed by atoms with E-state index in [1.807, 2.05) is 13.8 Å². The van der Waals surface area contributed by atoms with Crippen LogP contribution in [-0.4, -0.2) is 18.1 Å². The van der Waals surface area contributed by atoms with E-state index in [0.29, 0.717) is 23.4 Å². The number of methoxy groups -OCH3 is 1. The number of halogens is 2. The molecule has 4 nitrogen and oxygen atoms in total. The maximum atomic E-state index is 14.5. The number of aryl methyl sites for hydroxylation is 1. The number of nitrogens with zero attached hydrogens (tertiary/aromatic N) is 1. The van der Waals surface area contributed by atoms with Gasteiger partial charge in [-0.1, -0.05) is 19.9 Å². The summed E-state index contributed by atoms with van der Waals surface area (Å²) in [7, 11) is 1.22. The molecule has 1 aromatic carbocycles. The molecule has 1 aromatic heterocycles. The van der Waals surface area contributed by atoms with Crippen LogP contribution in [-0.2, 0) is 17.7 Å². The van der Waals surface area contributed by atoms with E-state index in [1.165, 1.54) is 13.2 Å². The standard InChI is InChI=1S/C19H22F2N2O2/c1-10(2)8-15-12(9-22)17(16(11(3)23-15)19(24)25-4)18-13(20)6-5-7-14(18)21/h5-7,10H,8-9,22H2,1-4H3. The summed E-state index contributed by atoms with van der Waals surface area (Å²) in [5.41, 5.74) is 7.24. The Hall–Kier alpha value is -2.34. The van der Waals surface area contributed by atoms with Gasteiger partial charge in [0, 0.05) is 17.8 Å². The topological polar surface area (TPSA) is 65.2 Å². The summed E-state index contributed by atoms with van der Waals surface area (Å²) < 4.78 is 33.8. The molecule has 0 fully saturated rings. The van der Waals surface area contributed by atoms with Gasteiger partial charge in [0.2, 0.25) is 0 Å². The van der Waals surface area contributed by atoms with Crippen molar-refractivity contribution in [3.05, 3.63) is 52.3 Å². The highest BCUT2D eigenvalue weighted by atomic mass is 19.1. The minimum Gasteiger partial charge on any atom is -0.465 e. The number of ether oxygens (including phenoxy) is 1. The third-order valence-electron chi connectivity index (χ3n) is 3.97. The van der Waals surface area contributed by atoms with Gasteiger partial charge in [-0.3, -0.25) is 4.98 Å². The van der Waals surface area contributed by atoms with Crippen LogP contribution in [0, 0.1) is 24.5 Å². The Kier molecular flexibility index (Phi) is 5.85. The number of hydrogen-bond acceptors (Lipinski definition) is 4. The lowest BCUT2D eigenvalue weighted by Crippen LogP contribution is -2.17. The van der Waals surface area contributed by atoms with E-state index >= 15 is 0 Å². The minimum absolute atomic E-state index is 0.00242. The molecule has 2 N–H and O–H groups in total. The molecule has 134 valence electrons. The summed E-state index contributed by atoms with van der Waals surface area (Å²) in [5, 5.41) is 0. The van der Waals surface area contributed by atoms with Crippen LogP contribution < -0.4 is 5.73 Å². The van der Waals surface area contributed by atoms with Crippen molar-refractivity contribution in [2.45, 2.75) is 33.7 Å². The number of esters is 1. The Balaban J connectivity index is 2.95. The molecule has 2 rings (SSSR count). The first-order chi connectivity index (χ1) is 11.8. The van der Waals surface area contributed by atoms with Crippen molar-refractivity contribution in [1.82, 2.24) is 4.98 Å². The summed E-state index contributed by atoms with van der Waals surface area (Å²) in [6, 6.07) is 3.58. The van der Waals surface area contributed by atoms with Crippen LogP contribution in [0.15, 0.2) is 18.2 Å². The van der Waals surface area contributed by atoms with Gasteiger partial charge in [-0.15, -0.1) is 0 Å². The molecule has 0 spiro atoms. The monoisotopic (exact) mass is 348 g/mol. The first kappa shape index (κ1) is 19.0. The van der Waals surface area contributed by atoms with E-state index in [1.54, 1.807) is 6.92 Å². The molecule has 1 heterocycles. The number of hydrogen-bond donors (Lipinski definition) is 1. The van der Waals surface area contributed by atoms with Gasteiger partial charge in [0.05, 0.1) is 23.9 Å². The van der Waals surface area contributed by atoms with Crippen LogP contribution in [0.5, 0.6) is 0 Å². The molecule has 0 atom stereocenters. The molecular formula is C19H22F2N2O2. The van der Waals surface area contributed by atoms with E-state index in [-0.39, 0.29) is 29.2 Å². The van der Waals surface area contributed by atoms with Gasteiger partial charge in [0.15, 0.2) is 0 Å². The van der Waals surface area contributed by atoms with Crippen LogP contribution in [0.2, 0.25) is 0 Å². The molecular weight excluding hydrogens is 326 g/mol. The number of pyridine rings is 1. The first-order valence-corrected chi connectivity index (χ1v) is 8.06. The van der Waals surface area contributed by atoms with Gasteiger partial charge in [-0.05, 0) is 37.0 Å². The summed E-state index contributed by atoms with van der Waals surface area (Å²) in [5.74, 6) is -1.96. The summed E-state index contributed by atoms with van der Waals surface area (Å²) >= 11 is 0. The average Bonchev–Trinajstić information content (AvgIpc) is 2.53. The molecule has 0 saturated heterocycles. The highest BCUT2D eigenvalue weighted by Gasteiger charge is 2.27. The normalized spacial score (nSPS) is 11.0.